The van der Waals surface area contributed by atoms with Crippen LogP contribution >= 0.6 is 0 Å². The number of rotatable bonds is 8. The summed E-state index contributed by atoms with van der Waals surface area (Å²) in [6, 6.07) is 7.58. The van der Waals surface area contributed by atoms with E-state index in [1.54, 1.807) is 83.1 Å². The minimum atomic E-state index is -0.729. The van der Waals surface area contributed by atoms with E-state index in [0.717, 1.165) is 5.69 Å². The van der Waals surface area contributed by atoms with Gasteiger partial charge in [-0.25, -0.2) is 19.2 Å². The summed E-state index contributed by atoms with van der Waals surface area (Å²) in [4.78, 5) is 74.1. The number of aromatic nitrogens is 4. The van der Waals surface area contributed by atoms with E-state index < -0.39 is 70.9 Å². The summed E-state index contributed by atoms with van der Waals surface area (Å²) in [6.07, 6.45) is -1.58. The van der Waals surface area contributed by atoms with Crippen molar-refractivity contribution in [3.8, 4) is 0 Å². The predicted octanol–water partition coefficient (Wildman–Crippen LogP) is 6.09. The van der Waals surface area contributed by atoms with Gasteiger partial charge >= 0.3 is 24.4 Å². The molecule has 0 radical (unpaired) electrons. The lowest BCUT2D eigenvalue weighted by Crippen LogP contribution is -2.58. The summed E-state index contributed by atoms with van der Waals surface area (Å²) in [5, 5.41) is 15.1. The van der Waals surface area contributed by atoms with E-state index in [0.29, 0.717) is 62.0 Å². The molecular formula is C41H63N11O8. The number of carbonyl (C=O) groups excluding carboxylic acids is 4. The highest BCUT2D eigenvalue weighted by Gasteiger charge is 2.36. The number of carbonyl (C=O) groups is 4. The number of fused-ring (bicyclic) bond motifs is 1. The Labute approximate surface area is 351 Å². The highest BCUT2D eigenvalue weighted by Crippen LogP contribution is 2.31. The number of benzene rings is 1. The number of hydrogen-bond acceptors (Lipinski definition) is 14. The maximum atomic E-state index is 13.1. The molecule has 6 N–H and O–H groups in total. The van der Waals surface area contributed by atoms with E-state index in [4.69, 9.17) is 33.9 Å². The molecule has 2 saturated heterocycles. The van der Waals surface area contributed by atoms with Crippen molar-refractivity contribution in [3.05, 3.63) is 30.3 Å². The average Bonchev–Trinajstić information content (AvgIpc) is 3.49. The number of imidazole rings is 1. The van der Waals surface area contributed by atoms with Crippen LogP contribution in [-0.2, 0) is 18.9 Å². The Morgan fingerprint density at radius 2 is 0.950 bits per heavy atom. The van der Waals surface area contributed by atoms with Gasteiger partial charge in [0.2, 0.25) is 11.9 Å². The van der Waals surface area contributed by atoms with Crippen molar-refractivity contribution >= 4 is 58.9 Å². The molecule has 2 fully saturated rings. The first-order valence-corrected chi connectivity index (χ1v) is 20.3. The van der Waals surface area contributed by atoms with E-state index in [1.165, 1.54) is 0 Å². The minimum absolute atomic E-state index is 0.258. The van der Waals surface area contributed by atoms with Gasteiger partial charge in [0.15, 0.2) is 11.5 Å². The van der Waals surface area contributed by atoms with Crippen molar-refractivity contribution in [1.82, 2.24) is 41.2 Å². The van der Waals surface area contributed by atoms with Gasteiger partial charge in [0.25, 0.3) is 0 Å². The van der Waals surface area contributed by atoms with Gasteiger partial charge in [0.05, 0.1) is 24.2 Å². The number of ether oxygens (including phenoxy) is 4. The fourth-order valence-corrected chi connectivity index (χ4v) is 6.81. The molecule has 330 valence electrons. The molecule has 0 aliphatic carbocycles. The van der Waals surface area contributed by atoms with Crippen LogP contribution in [-0.4, -0.2) is 117 Å². The molecule has 4 heterocycles. The van der Waals surface area contributed by atoms with Gasteiger partial charge in [-0.3, -0.25) is 0 Å². The maximum Gasteiger partial charge on any atom is 0.407 e. The van der Waals surface area contributed by atoms with Crippen LogP contribution in [0.4, 0.5) is 42.6 Å². The van der Waals surface area contributed by atoms with Gasteiger partial charge in [0, 0.05) is 31.9 Å². The van der Waals surface area contributed by atoms with Crippen LogP contribution in [0.15, 0.2) is 30.3 Å². The lowest BCUT2D eigenvalue weighted by Gasteiger charge is -2.39. The molecule has 4 unspecified atom stereocenters. The smallest absolute Gasteiger partial charge is 0.407 e. The quantitative estimate of drug-likeness (QED) is 0.141. The van der Waals surface area contributed by atoms with Crippen molar-refractivity contribution in [2.75, 3.05) is 41.3 Å². The summed E-state index contributed by atoms with van der Waals surface area (Å²) in [7, 11) is 0. The average molecular weight is 838 g/mol. The van der Waals surface area contributed by atoms with E-state index in [1.807, 2.05) is 40.1 Å². The second kappa shape index (κ2) is 17.8. The number of amides is 4. The Bertz CT molecular complexity index is 1910. The zero-order chi connectivity index (χ0) is 44.2. The third-order valence-electron chi connectivity index (χ3n) is 8.73. The summed E-state index contributed by atoms with van der Waals surface area (Å²) >= 11 is 0. The first-order valence-electron chi connectivity index (χ1n) is 20.3. The predicted molar refractivity (Wildman–Crippen MR) is 228 cm³/mol. The largest absolute Gasteiger partial charge is 0.444 e. The SMILES string of the molecule is CC(C)(C)OC(=O)NC1CC(NC(=O)OC(C)(C)C)CN(c2nc3nc(Nc4ccccc4)nc(N4CC(NC(=O)OC(C)(C)C)CC(NC(=O)OC(C)(C)C)C4)c3[nH]2)C1. The second-order valence-electron chi connectivity index (χ2n) is 19.3. The lowest BCUT2D eigenvalue weighted by molar-refractivity contribution is 0.0452. The minimum Gasteiger partial charge on any atom is -0.444 e. The molecule has 3 aromatic rings. The number of anilines is 4. The molecule has 4 atom stereocenters. The van der Waals surface area contributed by atoms with Crippen molar-refractivity contribution < 1.29 is 38.1 Å². The number of alkyl carbamates (subject to hydrolysis) is 4. The van der Waals surface area contributed by atoms with Crippen LogP contribution in [0.3, 0.4) is 0 Å². The van der Waals surface area contributed by atoms with Crippen molar-refractivity contribution in [2.24, 2.45) is 0 Å². The van der Waals surface area contributed by atoms with Gasteiger partial charge < -0.3 is 60.3 Å². The molecule has 19 nitrogen and oxygen atoms in total. The van der Waals surface area contributed by atoms with Crippen molar-refractivity contribution in [3.63, 3.8) is 0 Å². The van der Waals surface area contributed by atoms with Gasteiger partial charge in [-0.05, 0) is 108 Å². The van der Waals surface area contributed by atoms with Crippen molar-refractivity contribution in [2.45, 2.75) is 142 Å². The summed E-state index contributed by atoms with van der Waals surface area (Å²) in [5.41, 5.74) is -1.34. The molecule has 2 aliphatic heterocycles. The van der Waals surface area contributed by atoms with Crippen LogP contribution in [0.2, 0.25) is 0 Å². The molecule has 5 rings (SSSR count). The van der Waals surface area contributed by atoms with Crippen molar-refractivity contribution in [1.29, 1.82) is 0 Å². The molecule has 19 heteroatoms. The van der Waals surface area contributed by atoms with E-state index in [2.05, 4.69) is 31.6 Å². The highest BCUT2D eigenvalue weighted by molar-refractivity contribution is 5.87. The topological polar surface area (TPSA) is 226 Å². The Hall–Kier alpha value is -5.75. The fraction of sp³-hybridized carbons (Fsp3) is 0.634. The van der Waals surface area contributed by atoms with E-state index >= 15 is 0 Å². The molecule has 4 amide bonds. The summed E-state index contributed by atoms with van der Waals surface area (Å²) in [6.45, 7) is 22.7. The number of hydrogen-bond donors (Lipinski definition) is 6. The van der Waals surface area contributed by atoms with Crippen LogP contribution < -0.4 is 36.4 Å². The number of H-pyrrole nitrogens is 1. The molecule has 2 aromatic heterocycles. The number of nitrogens with one attached hydrogen (secondary N) is 6. The normalized spacial score (nSPS) is 20.1. The molecule has 1 aromatic carbocycles. The first kappa shape index (κ1) is 45.3. The van der Waals surface area contributed by atoms with Gasteiger partial charge in [0.1, 0.15) is 27.9 Å². The fourth-order valence-electron chi connectivity index (χ4n) is 6.81. The van der Waals surface area contributed by atoms with Gasteiger partial charge in [-0.15, -0.1) is 0 Å². The van der Waals surface area contributed by atoms with Gasteiger partial charge in [-0.2, -0.15) is 15.0 Å². The Kier molecular flexibility index (Phi) is 13.5. The molecule has 0 spiro atoms. The van der Waals surface area contributed by atoms with Crippen LogP contribution in [0.1, 0.15) is 95.9 Å². The Balaban J connectivity index is 1.53. The van der Waals surface area contributed by atoms with E-state index in [-0.39, 0.29) is 5.95 Å². The monoisotopic (exact) mass is 837 g/mol. The molecule has 60 heavy (non-hydrogen) atoms. The first-order chi connectivity index (χ1) is 27.8. The lowest BCUT2D eigenvalue weighted by atomic mass is 10.0. The third kappa shape index (κ3) is 14.2. The van der Waals surface area contributed by atoms with Crippen LogP contribution in [0.5, 0.6) is 0 Å². The maximum absolute atomic E-state index is 13.1. The third-order valence-corrected chi connectivity index (χ3v) is 8.73. The summed E-state index contributed by atoms with van der Waals surface area (Å²) < 4.78 is 22.3. The van der Waals surface area contributed by atoms with Crippen LogP contribution in [0, 0.1) is 0 Å². The number of para-hydroxylation sites is 1. The van der Waals surface area contributed by atoms with E-state index in [9.17, 15) is 19.2 Å². The second-order valence-corrected chi connectivity index (χ2v) is 19.3. The van der Waals surface area contributed by atoms with Crippen LogP contribution in [0.25, 0.3) is 11.2 Å². The highest BCUT2D eigenvalue weighted by atomic mass is 16.6. The Morgan fingerprint density at radius 3 is 1.33 bits per heavy atom. The Morgan fingerprint density at radius 1 is 0.567 bits per heavy atom. The number of piperidine rings is 2. The number of aromatic amines is 1. The standard InChI is InChI=1S/C41H63N11O8/c1-38(2,3)57-34(53)43-25-18-26(44-35(54)58-39(4,5)6)21-51(20-25)31-29-30(48-32(50-31)42-24-16-14-13-15-17-24)49-33(47-29)52-22-27(45-36(55)59-40(7,8)9)19-28(23-52)46-37(56)60-41(10,11)12/h13-17,25-28H,18-23H2,1-12H3,(H,43,53)(H,44,54)(H,45,55)(H,46,56)(H2,42,47,48,49,50). The van der Waals surface area contributed by atoms with Gasteiger partial charge in [-0.1, -0.05) is 18.2 Å². The number of nitrogens with zero attached hydrogens (tertiary/aromatic N) is 5. The molecule has 2 aliphatic rings. The molecule has 0 bridgehead atoms. The zero-order valence-electron chi connectivity index (χ0n) is 36.9. The zero-order valence-corrected chi connectivity index (χ0v) is 36.9. The summed E-state index contributed by atoms with van der Waals surface area (Å²) in [5.74, 6) is 1.12. The molecule has 0 saturated carbocycles. The molecular weight excluding hydrogens is 775 g/mol.